The molecule has 2 aromatic rings. The van der Waals surface area contributed by atoms with E-state index in [-0.39, 0.29) is 149 Å². The van der Waals surface area contributed by atoms with Crippen molar-refractivity contribution in [3.05, 3.63) is 59.7 Å². The van der Waals surface area contributed by atoms with Crippen LogP contribution in [0.25, 0.3) is 0 Å². The molecule has 39 heteroatoms. The minimum Gasteiger partial charge on any atom is -0.508 e. The summed E-state index contributed by atoms with van der Waals surface area (Å²) in [7, 11) is 2.70. The summed E-state index contributed by atoms with van der Waals surface area (Å²) in [5.41, 5.74) is 18.1. The van der Waals surface area contributed by atoms with Crippen LogP contribution in [0, 0.1) is 0 Å². The number of nitrogens with two attached hydrogens (primary N) is 3. The smallest absolute Gasteiger partial charge is 0.310 e. The number of rotatable bonds is 56. The summed E-state index contributed by atoms with van der Waals surface area (Å²) in [5.74, 6) is 4.54. The van der Waals surface area contributed by atoms with E-state index in [0.717, 1.165) is 61.7 Å². The van der Waals surface area contributed by atoms with Gasteiger partial charge in [0.2, 0.25) is 16.5 Å². The molecule has 2 rings (SSSR count). The molecular formula is C79H149Au4Br2N5O24S4. The van der Waals surface area contributed by atoms with Crippen molar-refractivity contribution in [1.29, 1.82) is 0 Å². The number of carbonyl (C=O) groups excluding carboxylic acids is 9. The third-order valence-corrected chi connectivity index (χ3v) is 16.1. The van der Waals surface area contributed by atoms with Gasteiger partial charge in [0.25, 0.3) is 0 Å². The Bertz CT molecular complexity index is 2330. The van der Waals surface area contributed by atoms with Crippen molar-refractivity contribution in [3.63, 3.8) is 0 Å². The van der Waals surface area contributed by atoms with Crippen LogP contribution in [0.4, 0.5) is 0 Å². The fraction of sp³-hybridized carbons (Fsp3) is 0.734. The van der Waals surface area contributed by atoms with Gasteiger partial charge >= 0.3 is 23.9 Å². The molecule has 0 fully saturated rings. The van der Waals surface area contributed by atoms with Crippen LogP contribution < -0.4 is 32.6 Å². The Hall–Kier alpha value is -1.13. The predicted molar refractivity (Wildman–Crippen MR) is 473 cm³/mol. The maximum atomic E-state index is 11.0. The Morgan fingerprint density at radius 3 is 1.24 bits per heavy atom. The number of methoxy groups -OCH3 is 2. The maximum absolute atomic E-state index is 11.0. The van der Waals surface area contributed by atoms with Crippen LogP contribution in [0.3, 0.4) is 0 Å². The van der Waals surface area contributed by atoms with Crippen LogP contribution in [0.1, 0.15) is 163 Å². The fourth-order valence-corrected chi connectivity index (χ4v) is 7.84. The molecule has 0 saturated heterocycles. The number of hydrogen-bond donors (Lipinski definition) is 10. The number of carbonyl (C=O) groups is 9. The summed E-state index contributed by atoms with van der Waals surface area (Å²) in [6.07, 6.45) is 20.5. The van der Waals surface area contributed by atoms with Gasteiger partial charge in [0.15, 0.2) is 0 Å². The summed E-state index contributed by atoms with van der Waals surface area (Å²) < 4.78 is 58.8. The summed E-state index contributed by atoms with van der Waals surface area (Å²) in [6.45, 7) is 25.1. The van der Waals surface area contributed by atoms with E-state index in [1.165, 1.54) is 105 Å². The first-order valence-corrected chi connectivity index (χ1v) is 44.5. The van der Waals surface area contributed by atoms with Gasteiger partial charge in [0.1, 0.15) is 29.7 Å². The van der Waals surface area contributed by atoms with Crippen molar-refractivity contribution in [2.75, 3.05) is 213 Å². The number of ether oxygens (including phenoxy) is 12. The molecule has 0 aliphatic rings. The van der Waals surface area contributed by atoms with Crippen LogP contribution in [0.2, 0.25) is 0 Å². The molecule has 0 aliphatic heterocycles. The van der Waals surface area contributed by atoms with E-state index < -0.39 is 0 Å². The van der Waals surface area contributed by atoms with E-state index in [1.54, 1.807) is 49.9 Å². The first kappa shape index (κ1) is 145. The largest absolute Gasteiger partial charge is 0.508 e. The van der Waals surface area contributed by atoms with Crippen molar-refractivity contribution in [2.24, 2.45) is 17.2 Å². The standard InChI is InChI=1S/C13H17NO3.C11H21NO4.C11H22OS.C10H20O4S.C8H11NO.C6H15NO3.C6H15NS.C6H14O3S.2C3H6O2.C2H2Br2O.4Au/c1-3-13(16)17-12-6-4-11(5-7-12)8-9-14-10(2)15;1-3-11(14)4-6-15-8-9-16-7-5-12-10(2)13;1-3-11(12)9-7-5-4-6-8-10-13-2;1-3-10(11)14-7-6-12-4-5-13-8-9-15-2;9-6-5-7-1-3-8(10)4-2-7;7-1-3-9-5-6-10-4-2-8;7-5-3-1-2-4-6-8;7-1-2-8-3-4-9-5-6-10;2*1-3(4)5-2;3-1-2(4)5;;;;/h4-7H,3,8-9H2,1-2H3,(H,14,15);3-9H2,1-2H3,(H,12,13);3-10H2,1-2H3;3-9H2,1-2H3;1-4,10H,5-6,9H2;8H,1-7H2;8H,1-7H2;7,10H,1-6H2;2*1-2H3;1H2;;;;. The van der Waals surface area contributed by atoms with E-state index in [2.05, 4.69) is 83.5 Å². The number of alkyl halides is 1. The molecule has 0 atom stereocenters. The zero-order valence-electron chi connectivity index (χ0n) is 72.0. The minimum absolute atomic E-state index is 0. The number of amides is 2. The van der Waals surface area contributed by atoms with Gasteiger partial charge in [-0.25, -0.2) is 0 Å². The van der Waals surface area contributed by atoms with Crippen molar-refractivity contribution < 1.29 is 205 Å². The first-order chi connectivity index (χ1) is 54.8. The molecule has 2 amide bonds. The Morgan fingerprint density at radius 2 is 0.822 bits per heavy atom. The van der Waals surface area contributed by atoms with E-state index >= 15 is 0 Å². The molecule has 4 radical (unpaired) electrons. The molecule has 0 saturated carbocycles. The molecule has 0 unspecified atom stereocenters. The van der Waals surface area contributed by atoms with Crippen LogP contribution in [-0.4, -0.2) is 281 Å². The monoisotopic (exact) mass is 2630 g/mol. The van der Waals surface area contributed by atoms with Crippen LogP contribution in [0.5, 0.6) is 11.5 Å². The number of thiol groups is 2. The second-order valence-electron chi connectivity index (χ2n) is 22.7. The van der Waals surface area contributed by atoms with Crippen molar-refractivity contribution in [2.45, 2.75) is 165 Å². The molecule has 0 bridgehead atoms. The van der Waals surface area contributed by atoms with Crippen LogP contribution in [-0.2, 0) is 198 Å². The Labute approximate surface area is 806 Å². The van der Waals surface area contributed by atoms with E-state index in [4.69, 9.17) is 79.9 Å². The number of Topliss-reactive ketones (excluding diaryl/α,β-unsaturated/α-hetero) is 2. The Morgan fingerprint density at radius 1 is 0.432 bits per heavy atom. The number of hydrogen-bond acceptors (Lipinski definition) is 31. The van der Waals surface area contributed by atoms with Gasteiger partial charge in [0, 0.05) is 187 Å². The number of aromatic hydroxyl groups is 1. The SMILES string of the molecule is CCC(=O)CCCCCCCSC.CCC(=O)CCOCCOCCNC(C)=O.CCC(=O)OCCOCCOCCSC.CCC(=O)Oc1ccc(CCNC(C)=O)cc1.COC(C)=O.COC(C)=O.NCCCCCCS.NCCOCCOCCO.NCCc1ccc(O)cc1.O=C(Br)CBr.OCCOCCOCCS.[Au].[Au].[Au].[Au]. The summed E-state index contributed by atoms with van der Waals surface area (Å²) >= 11 is 17.3. The molecule has 0 aliphatic carbocycles. The first-order valence-electron chi connectivity index (χ1n) is 38.5. The minimum atomic E-state index is -0.245. The average molecular weight is 2630 g/mol. The number of phenolic OH excluding ortho intramolecular Hbond substituents is 1. The normalized spacial score (nSPS) is 9.33. The Balaban J connectivity index is -0.0000000949. The number of aliphatic hydroxyl groups is 2. The van der Waals surface area contributed by atoms with Crippen LogP contribution >= 0.6 is 80.6 Å². The van der Waals surface area contributed by atoms with E-state index in [9.17, 15) is 43.2 Å². The van der Waals surface area contributed by atoms with Crippen molar-refractivity contribution in [3.8, 4) is 11.5 Å². The molecule has 2 aromatic carbocycles. The second kappa shape index (κ2) is 131. The summed E-state index contributed by atoms with van der Waals surface area (Å²) in [4.78, 5) is 93.6. The van der Waals surface area contributed by atoms with Gasteiger partial charge in [-0.05, 0) is 127 Å². The van der Waals surface area contributed by atoms with Crippen molar-refractivity contribution in [1.82, 2.24) is 10.6 Å². The van der Waals surface area contributed by atoms with Gasteiger partial charge in [-0.15, -0.1) is 0 Å². The van der Waals surface area contributed by atoms with Gasteiger partial charge in [-0.3, -0.25) is 43.2 Å². The zero-order chi connectivity index (χ0) is 88.0. The second-order valence-corrected chi connectivity index (χ2v) is 27.0. The number of thioether (sulfide) groups is 2. The van der Waals surface area contributed by atoms with Crippen molar-refractivity contribution >= 4 is 133 Å². The molecule has 0 heterocycles. The fourth-order valence-electron chi connectivity index (χ4n) is 6.71. The molecule has 0 aromatic heterocycles. The number of benzene rings is 2. The number of phenols is 1. The molecule has 11 N–H and O–H groups in total. The third-order valence-electron chi connectivity index (χ3n) is 12.8. The Kier molecular flexibility index (Phi) is 162. The number of unbranched alkanes of at least 4 members (excludes halogenated alkanes) is 7. The number of ketones is 2. The summed E-state index contributed by atoms with van der Waals surface area (Å²) in [5, 5.41) is 31.2. The number of nitrogens with one attached hydrogen (secondary N) is 2. The molecular weight excluding hydrogens is 2480 g/mol. The molecule has 118 heavy (non-hydrogen) atoms. The topological polar surface area (TPSA) is 427 Å². The van der Waals surface area contributed by atoms with Gasteiger partial charge in [-0.1, -0.05) is 100.0 Å². The molecule has 716 valence electrons. The molecule has 29 nitrogen and oxygen atoms in total. The van der Waals surface area contributed by atoms with Gasteiger partial charge in [0.05, 0.1) is 138 Å². The number of esters is 4. The van der Waals surface area contributed by atoms with Gasteiger partial charge < -0.3 is 100.0 Å². The van der Waals surface area contributed by atoms with E-state index in [0.29, 0.717) is 187 Å². The number of aliphatic hydroxyl groups excluding tert-OH is 2. The molecule has 0 spiro atoms. The quantitative estimate of drug-likeness (QED) is 0.00430. The van der Waals surface area contributed by atoms with Crippen LogP contribution in [0.15, 0.2) is 48.5 Å². The zero-order valence-corrected chi connectivity index (χ0v) is 87.2. The summed E-state index contributed by atoms with van der Waals surface area (Å²) in [6, 6.07) is 14.4. The van der Waals surface area contributed by atoms with E-state index in [1.807, 2.05) is 56.1 Å². The average Bonchev–Trinajstić information content (AvgIpc) is 0.905. The third kappa shape index (κ3) is 159. The predicted octanol–water partition coefficient (Wildman–Crippen LogP) is 10.1. The number of halogens is 2. The maximum Gasteiger partial charge on any atom is 0.310 e. The van der Waals surface area contributed by atoms with Gasteiger partial charge in [-0.2, -0.15) is 48.8 Å².